The molecular weight excluding hydrogens is 391 g/mol. The zero-order valence-electron chi connectivity index (χ0n) is 17.8. The van der Waals surface area contributed by atoms with E-state index in [2.05, 4.69) is 11.1 Å². The van der Waals surface area contributed by atoms with Crippen molar-refractivity contribution in [1.82, 2.24) is 4.98 Å². The van der Waals surface area contributed by atoms with Crippen LogP contribution in [-0.2, 0) is 0 Å². The first-order chi connectivity index (χ1) is 15.2. The standard InChI is InChI=1S/C26H25FN2O2/c1-3-31-24-10-4-9-22(27)25(24)18-11-12-23(30-2)21(15-18)16-19-7-6-14-29-26(19)20-8-5-13-28-17-20/h4-5,8-13,15-17H,3,6-7,14H2,1-2H3. The van der Waals surface area contributed by atoms with E-state index >= 15 is 0 Å². The normalized spacial score (nSPS) is 14.9. The highest BCUT2D eigenvalue weighted by Gasteiger charge is 2.17. The van der Waals surface area contributed by atoms with Crippen molar-refractivity contribution in [2.24, 2.45) is 4.99 Å². The quantitative estimate of drug-likeness (QED) is 0.498. The maximum absolute atomic E-state index is 14.8. The van der Waals surface area contributed by atoms with Crippen molar-refractivity contribution in [1.29, 1.82) is 0 Å². The van der Waals surface area contributed by atoms with Crippen molar-refractivity contribution in [3.05, 3.63) is 83.4 Å². The van der Waals surface area contributed by atoms with Crippen LogP contribution in [-0.4, -0.2) is 31.0 Å². The van der Waals surface area contributed by atoms with Gasteiger partial charge in [0.05, 0.1) is 25.0 Å². The molecule has 0 amide bonds. The number of halogens is 1. The Hall–Kier alpha value is -3.47. The maximum atomic E-state index is 14.8. The predicted octanol–water partition coefficient (Wildman–Crippen LogP) is 5.96. The van der Waals surface area contributed by atoms with Crippen molar-refractivity contribution in [2.75, 3.05) is 20.3 Å². The first-order valence-corrected chi connectivity index (χ1v) is 10.5. The lowest BCUT2D eigenvalue weighted by Gasteiger charge is -2.18. The number of benzene rings is 2. The van der Waals surface area contributed by atoms with E-state index in [1.165, 1.54) is 6.07 Å². The van der Waals surface area contributed by atoms with Crippen molar-refractivity contribution in [3.8, 4) is 22.6 Å². The summed E-state index contributed by atoms with van der Waals surface area (Å²) >= 11 is 0. The van der Waals surface area contributed by atoms with Crippen LogP contribution in [0.15, 0.2) is 71.5 Å². The third kappa shape index (κ3) is 4.50. The molecule has 0 saturated carbocycles. The molecule has 1 aromatic heterocycles. The van der Waals surface area contributed by atoms with Gasteiger partial charge in [0.25, 0.3) is 0 Å². The molecular formula is C26H25FN2O2. The average molecular weight is 416 g/mol. The van der Waals surface area contributed by atoms with Gasteiger partial charge >= 0.3 is 0 Å². The van der Waals surface area contributed by atoms with Crippen LogP contribution in [0.3, 0.4) is 0 Å². The van der Waals surface area contributed by atoms with Gasteiger partial charge in [-0.2, -0.15) is 0 Å². The number of nitrogens with zero attached hydrogens (tertiary/aromatic N) is 2. The van der Waals surface area contributed by atoms with Gasteiger partial charge in [-0.3, -0.25) is 9.98 Å². The highest BCUT2D eigenvalue weighted by Crippen LogP contribution is 2.36. The molecule has 4 nitrogen and oxygen atoms in total. The molecule has 2 heterocycles. The summed E-state index contributed by atoms with van der Waals surface area (Å²) < 4.78 is 26.0. The zero-order valence-corrected chi connectivity index (χ0v) is 17.8. The molecule has 0 spiro atoms. The second kappa shape index (κ2) is 9.56. The van der Waals surface area contributed by atoms with Gasteiger partial charge in [0, 0.05) is 30.1 Å². The monoisotopic (exact) mass is 416 g/mol. The van der Waals surface area contributed by atoms with Crippen LogP contribution in [0.2, 0.25) is 0 Å². The van der Waals surface area contributed by atoms with Crippen LogP contribution in [0.25, 0.3) is 17.2 Å². The summed E-state index contributed by atoms with van der Waals surface area (Å²) in [7, 11) is 1.64. The van der Waals surface area contributed by atoms with E-state index in [0.29, 0.717) is 17.9 Å². The lowest BCUT2D eigenvalue weighted by atomic mass is 9.93. The SMILES string of the molecule is CCOc1cccc(F)c1-c1ccc(OC)c(C=C2CCCN=C2c2cccnc2)c1. The highest BCUT2D eigenvalue weighted by molar-refractivity contribution is 6.15. The zero-order chi connectivity index (χ0) is 21.6. The number of ether oxygens (including phenoxy) is 2. The summed E-state index contributed by atoms with van der Waals surface area (Å²) in [6, 6.07) is 14.5. The summed E-state index contributed by atoms with van der Waals surface area (Å²) in [5.74, 6) is 0.938. The fraction of sp³-hybridized carbons (Fsp3) is 0.231. The van der Waals surface area contributed by atoms with E-state index in [1.807, 2.05) is 43.5 Å². The number of hydrogen-bond donors (Lipinski definition) is 0. The number of hydrogen-bond acceptors (Lipinski definition) is 4. The molecule has 1 aliphatic heterocycles. The summed E-state index contributed by atoms with van der Waals surface area (Å²) in [5, 5.41) is 0. The van der Waals surface area contributed by atoms with E-state index in [1.54, 1.807) is 25.4 Å². The lowest BCUT2D eigenvalue weighted by Crippen LogP contribution is -2.12. The Morgan fingerprint density at radius 3 is 2.74 bits per heavy atom. The number of methoxy groups -OCH3 is 1. The van der Waals surface area contributed by atoms with Gasteiger partial charge in [-0.25, -0.2) is 4.39 Å². The van der Waals surface area contributed by atoms with Gasteiger partial charge in [0.15, 0.2) is 0 Å². The minimum atomic E-state index is -0.315. The van der Waals surface area contributed by atoms with Crippen LogP contribution in [0.1, 0.15) is 30.9 Å². The minimum Gasteiger partial charge on any atom is -0.496 e. The first kappa shape index (κ1) is 20.8. The van der Waals surface area contributed by atoms with E-state index in [4.69, 9.17) is 14.5 Å². The van der Waals surface area contributed by atoms with Crippen LogP contribution >= 0.6 is 0 Å². The van der Waals surface area contributed by atoms with Crippen LogP contribution in [0, 0.1) is 5.82 Å². The summed E-state index contributed by atoms with van der Waals surface area (Å²) in [4.78, 5) is 8.99. The van der Waals surface area contributed by atoms with Gasteiger partial charge in [-0.05, 0) is 73.4 Å². The molecule has 0 unspecified atom stereocenters. The number of aromatic nitrogens is 1. The van der Waals surface area contributed by atoms with Crippen LogP contribution < -0.4 is 9.47 Å². The summed E-state index contributed by atoms with van der Waals surface area (Å²) in [6.07, 6.45) is 7.57. The Kier molecular flexibility index (Phi) is 6.41. The van der Waals surface area contributed by atoms with E-state index in [9.17, 15) is 4.39 Å². The second-order valence-electron chi connectivity index (χ2n) is 7.25. The molecule has 31 heavy (non-hydrogen) atoms. The predicted molar refractivity (Wildman–Crippen MR) is 122 cm³/mol. The number of aliphatic imine (C=N–C) groups is 1. The molecule has 158 valence electrons. The Bertz CT molecular complexity index is 1120. The third-order valence-corrected chi connectivity index (χ3v) is 5.24. The number of allylic oxidation sites excluding steroid dienone is 1. The molecule has 0 N–H and O–H groups in total. The molecule has 3 aromatic rings. The summed E-state index contributed by atoms with van der Waals surface area (Å²) in [6.45, 7) is 3.15. The molecule has 0 fully saturated rings. The molecule has 0 atom stereocenters. The maximum Gasteiger partial charge on any atom is 0.134 e. The van der Waals surface area contributed by atoms with Gasteiger partial charge < -0.3 is 9.47 Å². The van der Waals surface area contributed by atoms with Crippen molar-refractivity contribution < 1.29 is 13.9 Å². The molecule has 0 radical (unpaired) electrons. The summed E-state index contributed by atoms with van der Waals surface area (Å²) in [5.41, 5.74) is 5.14. The van der Waals surface area contributed by atoms with Gasteiger partial charge in [-0.1, -0.05) is 12.1 Å². The Balaban J connectivity index is 1.81. The largest absolute Gasteiger partial charge is 0.496 e. The number of rotatable bonds is 6. The average Bonchev–Trinajstić information content (AvgIpc) is 2.80. The molecule has 0 aliphatic carbocycles. The third-order valence-electron chi connectivity index (χ3n) is 5.24. The van der Waals surface area contributed by atoms with Gasteiger partial charge in [0.1, 0.15) is 17.3 Å². The molecule has 0 saturated heterocycles. The first-order valence-electron chi connectivity index (χ1n) is 10.5. The topological polar surface area (TPSA) is 43.7 Å². The highest BCUT2D eigenvalue weighted by atomic mass is 19.1. The Labute approximate surface area is 182 Å². The van der Waals surface area contributed by atoms with Crippen molar-refractivity contribution in [3.63, 3.8) is 0 Å². The second-order valence-corrected chi connectivity index (χ2v) is 7.25. The smallest absolute Gasteiger partial charge is 0.134 e. The van der Waals surface area contributed by atoms with Crippen LogP contribution in [0.4, 0.5) is 4.39 Å². The van der Waals surface area contributed by atoms with E-state index in [-0.39, 0.29) is 5.82 Å². The minimum absolute atomic E-state index is 0.315. The Morgan fingerprint density at radius 2 is 1.97 bits per heavy atom. The molecule has 0 bridgehead atoms. The lowest BCUT2D eigenvalue weighted by molar-refractivity contribution is 0.340. The number of pyridine rings is 1. The van der Waals surface area contributed by atoms with Crippen molar-refractivity contribution >= 4 is 11.8 Å². The van der Waals surface area contributed by atoms with Crippen LogP contribution in [0.5, 0.6) is 11.5 Å². The molecule has 4 rings (SSSR count). The molecule has 1 aliphatic rings. The van der Waals surface area contributed by atoms with E-state index in [0.717, 1.165) is 53.1 Å². The van der Waals surface area contributed by atoms with E-state index < -0.39 is 0 Å². The van der Waals surface area contributed by atoms with Gasteiger partial charge in [-0.15, -0.1) is 0 Å². The Morgan fingerprint density at radius 1 is 1.06 bits per heavy atom. The fourth-order valence-electron chi connectivity index (χ4n) is 3.85. The fourth-order valence-corrected chi connectivity index (χ4v) is 3.85. The molecule has 2 aromatic carbocycles. The van der Waals surface area contributed by atoms with Gasteiger partial charge in [0.2, 0.25) is 0 Å². The molecule has 5 heteroatoms. The van der Waals surface area contributed by atoms with Crippen molar-refractivity contribution in [2.45, 2.75) is 19.8 Å².